The van der Waals surface area contributed by atoms with Gasteiger partial charge in [0.25, 0.3) is 0 Å². The second-order valence-electron chi connectivity index (χ2n) is 12.5. The smallest absolute Gasteiger partial charge is 0.0445 e. The van der Waals surface area contributed by atoms with Crippen LogP contribution in [0.25, 0.3) is 0 Å². The van der Waals surface area contributed by atoms with Crippen molar-refractivity contribution in [3.05, 3.63) is 131 Å². The molecule has 0 aliphatic heterocycles. The van der Waals surface area contributed by atoms with E-state index in [0.29, 0.717) is 5.92 Å². The molecule has 0 aromatic rings. The Morgan fingerprint density at radius 3 is 2.15 bits per heavy atom. The molecule has 0 heterocycles. The maximum atomic E-state index is 2.72. The van der Waals surface area contributed by atoms with Gasteiger partial charge in [0, 0.05) is 5.41 Å². The topological polar surface area (TPSA) is 0 Å². The fourth-order valence-corrected chi connectivity index (χ4v) is 7.90. The van der Waals surface area contributed by atoms with E-state index >= 15 is 0 Å². The van der Waals surface area contributed by atoms with E-state index in [-0.39, 0.29) is 5.41 Å². The largest absolute Gasteiger partial charge is 0.0850 e. The van der Waals surface area contributed by atoms with Crippen molar-refractivity contribution in [2.45, 2.75) is 109 Å². The number of rotatable bonds is 4. The predicted molar refractivity (Wildman–Crippen MR) is 180 cm³/mol. The molecule has 0 heteroatoms. The zero-order valence-electron chi connectivity index (χ0n) is 25.4. The van der Waals surface area contributed by atoms with Gasteiger partial charge >= 0.3 is 0 Å². The van der Waals surface area contributed by atoms with Gasteiger partial charge in [0.05, 0.1) is 0 Å². The fourth-order valence-electron chi connectivity index (χ4n) is 7.90. The molecular formula is C41H52. The minimum absolute atomic E-state index is 0.126. The van der Waals surface area contributed by atoms with Crippen LogP contribution in [0.1, 0.15) is 109 Å². The van der Waals surface area contributed by atoms with Gasteiger partial charge in [-0.25, -0.2) is 0 Å². The molecule has 0 saturated heterocycles. The highest BCUT2D eigenvalue weighted by atomic mass is 14.5. The lowest BCUT2D eigenvalue weighted by Gasteiger charge is -2.49. The highest BCUT2D eigenvalue weighted by molar-refractivity contribution is 5.59. The van der Waals surface area contributed by atoms with E-state index in [1.165, 1.54) is 102 Å². The monoisotopic (exact) mass is 544 g/mol. The van der Waals surface area contributed by atoms with Crippen LogP contribution in [0.5, 0.6) is 0 Å². The molecule has 2 unspecified atom stereocenters. The molecular weight excluding hydrogens is 492 g/mol. The van der Waals surface area contributed by atoms with Crippen molar-refractivity contribution in [3.8, 4) is 0 Å². The third-order valence-corrected chi connectivity index (χ3v) is 9.82. The molecule has 0 spiro atoms. The summed E-state index contributed by atoms with van der Waals surface area (Å²) in [5, 5.41) is 0. The van der Waals surface area contributed by atoms with Crippen molar-refractivity contribution >= 4 is 0 Å². The molecule has 216 valence electrons. The van der Waals surface area contributed by atoms with Crippen LogP contribution in [0.4, 0.5) is 0 Å². The van der Waals surface area contributed by atoms with Gasteiger partial charge in [0.2, 0.25) is 0 Å². The Kier molecular flexibility index (Phi) is 11.5. The van der Waals surface area contributed by atoms with Crippen LogP contribution >= 0.6 is 0 Å². The molecule has 0 bridgehead atoms. The fraction of sp³-hybridized carbons (Fsp3) is 0.463. The van der Waals surface area contributed by atoms with Gasteiger partial charge in [-0.15, -0.1) is 0 Å². The molecule has 0 amide bonds. The van der Waals surface area contributed by atoms with E-state index < -0.39 is 0 Å². The average Bonchev–Trinajstić information content (AvgIpc) is 2.98. The predicted octanol–water partition coefficient (Wildman–Crippen LogP) is 12.3. The average molecular weight is 545 g/mol. The Bertz CT molecular complexity index is 1210. The van der Waals surface area contributed by atoms with Crippen LogP contribution < -0.4 is 0 Å². The zero-order chi connectivity index (χ0) is 28.0. The molecule has 41 heavy (non-hydrogen) atoms. The van der Waals surface area contributed by atoms with Gasteiger partial charge in [-0.05, 0) is 101 Å². The molecule has 0 aromatic heterocycles. The first-order valence-electron chi connectivity index (χ1n) is 16.9. The zero-order valence-corrected chi connectivity index (χ0v) is 25.4. The highest BCUT2D eigenvalue weighted by Gasteiger charge is 2.48. The normalized spacial score (nSPS) is 28.3. The minimum Gasteiger partial charge on any atom is -0.0850 e. The van der Waals surface area contributed by atoms with Crippen molar-refractivity contribution in [1.82, 2.24) is 0 Å². The SMILES string of the molecule is C1=CC=CC(C2=CCCCCCC(C3=CCCCCCC3)C2(C2=CC=CC=CCC2)C2=CC=CCCCC2)=CC=C1. The third-order valence-electron chi connectivity index (χ3n) is 9.82. The highest BCUT2D eigenvalue weighted by Crippen LogP contribution is 2.59. The molecule has 0 fully saturated rings. The van der Waals surface area contributed by atoms with Gasteiger partial charge < -0.3 is 0 Å². The number of allylic oxidation sites excluding steroid dienone is 22. The Morgan fingerprint density at radius 2 is 1.17 bits per heavy atom. The van der Waals surface area contributed by atoms with E-state index in [4.69, 9.17) is 0 Å². The molecule has 5 aliphatic carbocycles. The van der Waals surface area contributed by atoms with Crippen LogP contribution in [0.2, 0.25) is 0 Å². The molecule has 0 N–H and O–H groups in total. The van der Waals surface area contributed by atoms with Crippen molar-refractivity contribution < 1.29 is 0 Å². The number of hydrogen-bond acceptors (Lipinski definition) is 0. The molecule has 5 rings (SSSR count). The Hall–Kier alpha value is -2.86. The van der Waals surface area contributed by atoms with Crippen LogP contribution in [-0.4, -0.2) is 0 Å². The van der Waals surface area contributed by atoms with Crippen molar-refractivity contribution in [2.75, 3.05) is 0 Å². The van der Waals surface area contributed by atoms with Gasteiger partial charge in [0.15, 0.2) is 0 Å². The van der Waals surface area contributed by atoms with Gasteiger partial charge in [-0.1, -0.05) is 146 Å². The van der Waals surface area contributed by atoms with Gasteiger partial charge in [0.1, 0.15) is 0 Å². The third kappa shape index (κ3) is 7.51. The summed E-state index contributed by atoms with van der Waals surface area (Å²) in [5.41, 5.74) is 7.91. The molecule has 0 radical (unpaired) electrons. The first-order valence-corrected chi connectivity index (χ1v) is 16.9. The van der Waals surface area contributed by atoms with E-state index in [9.17, 15) is 0 Å². The summed E-state index contributed by atoms with van der Waals surface area (Å²) in [6, 6.07) is 0. The summed E-state index contributed by atoms with van der Waals surface area (Å²) in [5.74, 6) is 0.506. The van der Waals surface area contributed by atoms with Crippen molar-refractivity contribution in [3.63, 3.8) is 0 Å². The minimum atomic E-state index is -0.126. The lowest BCUT2D eigenvalue weighted by atomic mass is 9.53. The van der Waals surface area contributed by atoms with Crippen LogP contribution in [0.3, 0.4) is 0 Å². The second kappa shape index (κ2) is 16.0. The Labute approximate surface area is 251 Å². The van der Waals surface area contributed by atoms with Crippen LogP contribution in [0, 0.1) is 11.3 Å². The van der Waals surface area contributed by atoms with Gasteiger partial charge in [-0.3, -0.25) is 0 Å². The maximum Gasteiger partial charge on any atom is 0.0445 e. The maximum absolute atomic E-state index is 2.72. The Morgan fingerprint density at radius 1 is 0.488 bits per heavy atom. The molecule has 0 nitrogen and oxygen atoms in total. The quantitative estimate of drug-likeness (QED) is 0.309. The lowest BCUT2D eigenvalue weighted by molar-refractivity contribution is 0.304. The van der Waals surface area contributed by atoms with Crippen molar-refractivity contribution in [1.29, 1.82) is 0 Å². The second-order valence-corrected chi connectivity index (χ2v) is 12.5. The molecule has 2 atom stereocenters. The van der Waals surface area contributed by atoms with Crippen LogP contribution in [0.15, 0.2) is 131 Å². The van der Waals surface area contributed by atoms with E-state index in [0.717, 1.165) is 12.8 Å². The summed E-state index contributed by atoms with van der Waals surface area (Å²) < 4.78 is 0. The van der Waals surface area contributed by atoms with E-state index in [1.807, 2.05) is 0 Å². The first kappa shape index (κ1) is 29.6. The molecule has 0 aromatic carbocycles. The Balaban J connectivity index is 1.84. The summed E-state index contributed by atoms with van der Waals surface area (Å²) in [6.07, 6.45) is 62.0. The van der Waals surface area contributed by atoms with Crippen molar-refractivity contribution in [2.24, 2.45) is 11.3 Å². The summed E-state index contributed by atoms with van der Waals surface area (Å²) in [7, 11) is 0. The summed E-state index contributed by atoms with van der Waals surface area (Å²) in [6.45, 7) is 0. The first-order chi connectivity index (χ1) is 20.4. The standard InChI is InChI=1S/C41H52/c1-5-15-25-35(26-16-6-1)39-33-23-13-14-24-34-40(36-27-17-7-2-8-18-28-36)41(39,37-29-19-9-3-10-20-30-37)38-31-21-11-4-12-22-32-38/h1,3,5-6,9-11,15-16,19,21,25-27,29,31,33,40H,2,4,7-8,12-14,17-18,20,22-24,28,30,32,34H2. The van der Waals surface area contributed by atoms with E-state index in [1.54, 1.807) is 22.3 Å². The van der Waals surface area contributed by atoms with Crippen LogP contribution in [-0.2, 0) is 0 Å². The number of hydrogen-bond donors (Lipinski definition) is 0. The lowest BCUT2D eigenvalue weighted by Crippen LogP contribution is -2.39. The molecule has 5 aliphatic rings. The summed E-state index contributed by atoms with van der Waals surface area (Å²) >= 11 is 0. The van der Waals surface area contributed by atoms with Gasteiger partial charge in [-0.2, -0.15) is 0 Å². The summed E-state index contributed by atoms with van der Waals surface area (Å²) in [4.78, 5) is 0. The van der Waals surface area contributed by atoms with E-state index in [2.05, 4.69) is 103 Å². The molecule has 0 saturated carbocycles.